The van der Waals surface area contributed by atoms with Gasteiger partial charge < -0.3 is 14.4 Å². The molecule has 1 atom stereocenters. The van der Waals surface area contributed by atoms with Crippen molar-refractivity contribution in [3.63, 3.8) is 0 Å². The molecular weight excluding hydrogens is 261 g/mol. The van der Waals surface area contributed by atoms with Gasteiger partial charge in [-0.3, -0.25) is 4.79 Å². The maximum atomic E-state index is 13.7. The maximum Gasteiger partial charge on any atom is 0.289 e. The van der Waals surface area contributed by atoms with Crippen LogP contribution in [0.15, 0.2) is 22.6 Å². The molecule has 2 aromatic rings. The number of carbonyl (C=O) groups is 1. The highest BCUT2D eigenvalue weighted by Crippen LogP contribution is 2.28. The predicted octanol–water partition coefficient (Wildman–Crippen LogP) is 2.48. The second-order valence-electron chi connectivity index (χ2n) is 5.22. The first kappa shape index (κ1) is 13.1. The number of piperidine rings is 1. The Morgan fingerprint density at radius 1 is 1.50 bits per heavy atom. The molecule has 0 unspecified atom stereocenters. The van der Waals surface area contributed by atoms with E-state index in [1.165, 1.54) is 6.07 Å². The fraction of sp³-hybridized carbons (Fsp3) is 0.400. The van der Waals surface area contributed by atoms with Gasteiger partial charge in [0.05, 0.1) is 6.10 Å². The summed E-state index contributed by atoms with van der Waals surface area (Å²) >= 11 is 0. The summed E-state index contributed by atoms with van der Waals surface area (Å²) in [6.45, 7) is 2.64. The number of fused-ring (bicyclic) bond motifs is 1. The molecule has 106 valence electrons. The smallest absolute Gasteiger partial charge is 0.289 e. The number of hydrogen-bond acceptors (Lipinski definition) is 3. The lowest BCUT2D eigenvalue weighted by atomic mass is 10.1. The highest BCUT2D eigenvalue weighted by molar-refractivity contribution is 5.99. The molecule has 0 aliphatic carbocycles. The topological polar surface area (TPSA) is 53.7 Å². The average Bonchev–Trinajstić information content (AvgIpc) is 2.77. The lowest BCUT2D eigenvalue weighted by molar-refractivity contribution is 0.0449. The van der Waals surface area contributed by atoms with Gasteiger partial charge in [-0.2, -0.15) is 0 Å². The van der Waals surface area contributed by atoms with Crippen LogP contribution < -0.4 is 0 Å². The van der Waals surface area contributed by atoms with Crippen molar-refractivity contribution in [1.29, 1.82) is 0 Å². The lowest BCUT2D eigenvalue weighted by Gasteiger charge is -2.29. The van der Waals surface area contributed by atoms with Gasteiger partial charge in [0.1, 0.15) is 0 Å². The van der Waals surface area contributed by atoms with Crippen LogP contribution in [0.5, 0.6) is 0 Å². The third kappa shape index (κ3) is 2.08. The van der Waals surface area contributed by atoms with E-state index in [4.69, 9.17) is 4.42 Å². The molecule has 1 saturated heterocycles. The molecule has 2 heterocycles. The number of halogens is 1. The van der Waals surface area contributed by atoms with Crippen molar-refractivity contribution < 1.29 is 18.7 Å². The Labute approximate surface area is 115 Å². The summed E-state index contributed by atoms with van der Waals surface area (Å²) in [5.41, 5.74) is 0.760. The molecule has 1 aromatic heterocycles. The largest absolute Gasteiger partial charge is 0.448 e. The summed E-state index contributed by atoms with van der Waals surface area (Å²) in [7, 11) is 0. The molecular formula is C15H16FNO3. The summed E-state index contributed by atoms with van der Waals surface area (Å²) in [4.78, 5) is 14.0. The van der Waals surface area contributed by atoms with Gasteiger partial charge in [0.15, 0.2) is 17.2 Å². The first-order valence-corrected chi connectivity index (χ1v) is 6.73. The highest BCUT2D eigenvalue weighted by Gasteiger charge is 2.27. The van der Waals surface area contributed by atoms with Crippen LogP contribution in [0.2, 0.25) is 0 Å². The van der Waals surface area contributed by atoms with Crippen LogP contribution in [0.1, 0.15) is 29.0 Å². The van der Waals surface area contributed by atoms with E-state index in [1.807, 2.05) is 0 Å². The molecule has 3 rings (SSSR count). The van der Waals surface area contributed by atoms with Crippen LogP contribution in [-0.2, 0) is 0 Å². The first-order valence-electron chi connectivity index (χ1n) is 6.73. The number of aliphatic hydroxyl groups is 1. The van der Waals surface area contributed by atoms with E-state index < -0.39 is 11.9 Å². The molecule has 0 radical (unpaired) electrons. The van der Waals surface area contributed by atoms with Crippen molar-refractivity contribution >= 4 is 16.9 Å². The van der Waals surface area contributed by atoms with Crippen LogP contribution in [0.25, 0.3) is 11.0 Å². The van der Waals surface area contributed by atoms with Gasteiger partial charge in [0.2, 0.25) is 0 Å². The van der Waals surface area contributed by atoms with Crippen LogP contribution >= 0.6 is 0 Å². The van der Waals surface area contributed by atoms with E-state index in [-0.39, 0.29) is 17.3 Å². The van der Waals surface area contributed by atoms with Gasteiger partial charge in [-0.05, 0) is 25.8 Å². The Bertz CT molecular complexity index is 664. The molecule has 1 aliphatic rings. The Balaban J connectivity index is 1.99. The van der Waals surface area contributed by atoms with Gasteiger partial charge in [0.25, 0.3) is 5.91 Å². The van der Waals surface area contributed by atoms with E-state index in [0.717, 1.165) is 6.42 Å². The molecule has 1 N–H and O–H groups in total. The maximum absolute atomic E-state index is 13.7. The SMILES string of the molecule is Cc1c(C(=O)N2CCC[C@H](O)C2)oc2c(F)cccc12. The summed E-state index contributed by atoms with van der Waals surface area (Å²) in [5, 5.41) is 10.3. The number of para-hydroxylation sites is 1. The van der Waals surface area contributed by atoms with Crippen molar-refractivity contribution in [2.45, 2.75) is 25.9 Å². The number of aliphatic hydroxyl groups excluding tert-OH is 1. The fourth-order valence-electron chi connectivity index (χ4n) is 2.70. The third-order valence-electron chi connectivity index (χ3n) is 3.79. The quantitative estimate of drug-likeness (QED) is 0.871. The Hall–Kier alpha value is -1.88. The third-order valence-corrected chi connectivity index (χ3v) is 3.79. The number of amides is 1. The van der Waals surface area contributed by atoms with Crippen molar-refractivity contribution in [2.24, 2.45) is 0 Å². The summed E-state index contributed by atoms with van der Waals surface area (Å²) in [5.74, 6) is -0.584. The number of carbonyl (C=O) groups excluding carboxylic acids is 1. The van der Waals surface area contributed by atoms with Crippen LogP contribution in [0.4, 0.5) is 4.39 Å². The van der Waals surface area contributed by atoms with Crippen molar-refractivity contribution in [3.8, 4) is 0 Å². The number of nitrogens with zero attached hydrogens (tertiary/aromatic N) is 1. The summed E-state index contributed by atoms with van der Waals surface area (Å²) in [6, 6.07) is 4.64. The molecule has 0 spiro atoms. The highest BCUT2D eigenvalue weighted by atomic mass is 19.1. The van der Waals surface area contributed by atoms with E-state index >= 15 is 0 Å². The number of furan rings is 1. The molecule has 1 fully saturated rings. The van der Waals surface area contributed by atoms with Gasteiger partial charge in [-0.1, -0.05) is 12.1 Å². The van der Waals surface area contributed by atoms with Gasteiger partial charge in [0, 0.05) is 24.0 Å². The Morgan fingerprint density at radius 3 is 3.00 bits per heavy atom. The standard InChI is InChI=1S/C15H16FNO3/c1-9-11-5-2-6-12(16)14(11)20-13(9)15(19)17-7-3-4-10(18)8-17/h2,5-6,10,18H,3-4,7-8H2,1H3/t10-/m0/s1. The minimum Gasteiger partial charge on any atom is -0.448 e. The normalized spacial score (nSPS) is 19.6. The number of benzene rings is 1. The van der Waals surface area contributed by atoms with Crippen molar-refractivity contribution in [2.75, 3.05) is 13.1 Å². The van der Waals surface area contributed by atoms with Gasteiger partial charge in [-0.15, -0.1) is 0 Å². The zero-order valence-electron chi connectivity index (χ0n) is 11.2. The first-order chi connectivity index (χ1) is 9.58. The van der Waals surface area contributed by atoms with Crippen LogP contribution in [-0.4, -0.2) is 35.1 Å². The zero-order valence-corrected chi connectivity index (χ0v) is 11.2. The lowest BCUT2D eigenvalue weighted by Crippen LogP contribution is -2.42. The van der Waals surface area contributed by atoms with Crippen LogP contribution in [0, 0.1) is 12.7 Å². The molecule has 5 heteroatoms. The number of hydrogen-bond donors (Lipinski definition) is 1. The Morgan fingerprint density at radius 2 is 2.30 bits per heavy atom. The number of aryl methyl sites for hydroxylation is 1. The van der Waals surface area contributed by atoms with Crippen LogP contribution in [0.3, 0.4) is 0 Å². The molecule has 0 bridgehead atoms. The molecule has 1 aliphatic heterocycles. The van der Waals surface area contributed by atoms with E-state index in [1.54, 1.807) is 24.0 Å². The predicted molar refractivity (Wildman–Crippen MR) is 72.1 cm³/mol. The number of likely N-dealkylation sites (tertiary alicyclic amines) is 1. The molecule has 1 aromatic carbocycles. The molecule has 0 saturated carbocycles. The molecule has 1 amide bonds. The average molecular weight is 277 g/mol. The zero-order chi connectivity index (χ0) is 14.3. The second-order valence-corrected chi connectivity index (χ2v) is 5.22. The number of rotatable bonds is 1. The van der Waals surface area contributed by atoms with Gasteiger partial charge >= 0.3 is 0 Å². The summed E-state index contributed by atoms with van der Waals surface area (Å²) in [6.07, 6.45) is 0.979. The Kier molecular flexibility index (Phi) is 3.22. The van der Waals surface area contributed by atoms with E-state index in [2.05, 4.69) is 0 Å². The van der Waals surface area contributed by atoms with Crippen molar-refractivity contribution in [3.05, 3.63) is 35.3 Å². The van der Waals surface area contributed by atoms with Gasteiger partial charge in [-0.25, -0.2) is 4.39 Å². The molecule has 4 nitrogen and oxygen atoms in total. The fourth-order valence-corrected chi connectivity index (χ4v) is 2.70. The van der Waals surface area contributed by atoms with E-state index in [9.17, 15) is 14.3 Å². The monoisotopic (exact) mass is 277 g/mol. The number of β-amino-alcohol motifs (C(OH)–C–C–N with tert-alkyl or cyclic N) is 1. The molecule has 20 heavy (non-hydrogen) atoms. The summed E-state index contributed by atoms with van der Waals surface area (Å²) < 4.78 is 19.1. The van der Waals surface area contributed by atoms with E-state index in [0.29, 0.717) is 30.5 Å². The minimum absolute atomic E-state index is 0.117. The van der Waals surface area contributed by atoms with Crippen molar-refractivity contribution in [1.82, 2.24) is 4.90 Å². The minimum atomic E-state index is -0.492. The second kappa shape index (κ2) is 4.90.